The van der Waals surface area contributed by atoms with E-state index in [0.29, 0.717) is 5.69 Å². The van der Waals surface area contributed by atoms with Crippen molar-refractivity contribution in [3.8, 4) is 0 Å². The first-order chi connectivity index (χ1) is 10.5. The molecule has 0 aliphatic carbocycles. The van der Waals surface area contributed by atoms with Crippen molar-refractivity contribution in [2.24, 2.45) is 0 Å². The highest BCUT2D eigenvalue weighted by molar-refractivity contribution is 5.97. The predicted octanol–water partition coefficient (Wildman–Crippen LogP) is 3.15. The summed E-state index contributed by atoms with van der Waals surface area (Å²) in [6.45, 7) is 1.40. The van der Waals surface area contributed by atoms with E-state index in [1.54, 1.807) is 0 Å². The number of carbonyl (C=O) groups excluding carboxylic acids is 2. The van der Waals surface area contributed by atoms with Crippen molar-refractivity contribution in [2.75, 3.05) is 5.32 Å². The number of esters is 1. The van der Waals surface area contributed by atoms with Gasteiger partial charge in [-0.05, 0) is 55.5 Å². The lowest BCUT2D eigenvalue weighted by atomic mass is 10.2. The van der Waals surface area contributed by atoms with E-state index >= 15 is 0 Å². The number of carbonyl (C=O) groups is 2. The summed E-state index contributed by atoms with van der Waals surface area (Å²) in [4.78, 5) is 23.7. The molecule has 0 fully saturated rings. The van der Waals surface area contributed by atoms with Crippen molar-refractivity contribution in [2.45, 2.75) is 13.0 Å². The summed E-state index contributed by atoms with van der Waals surface area (Å²) >= 11 is 0. The molecule has 2 aromatic carbocycles. The van der Waals surface area contributed by atoms with Crippen LogP contribution in [0.15, 0.2) is 48.5 Å². The normalized spacial score (nSPS) is 11.6. The number of rotatable bonds is 4. The van der Waals surface area contributed by atoms with Crippen molar-refractivity contribution >= 4 is 17.6 Å². The fourth-order valence-corrected chi connectivity index (χ4v) is 1.65. The maximum absolute atomic E-state index is 12.8. The Morgan fingerprint density at radius 2 is 1.45 bits per heavy atom. The first-order valence-electron chi connectivity index (χ1n) is 6.48. The summed E-state index contributed by atoms with van der Waals surface area (Å²) in [6, 6.07) is 9.96. The molecule has 0 heterocycles. The molecule has 2 aromatic rings. The number of amides is 1. The van der Waals surface area contributed by atoms with E-state index in [4.69, 9.17) is 4.74 Å². The SMILES string of the molecule is C[C@H](OC(=O)c1ccc(F)cc1)C(=O)Nc1ccc(F)cc1. The van der Waals surface area contributed by atoms with Gasteiger partial charge in [-0.1, -0.05) is 0 Å². The second-order valence-corrected chi connectivity index (χ2v) is 4.55. The lowest BCUT2D eigenvalue weighted by Crippen LogP contribution is -2.30. The van der Waals surface area contributed by atoms with E-state index in [9.17, 15) is 18.4 Å². The smallest absolute Gasteiger partial charge is 0.338 e. The molecule has 0 aliphatic heterocycles. The fourth-order valence-electron chi connectivity index (χ4n) is 1.65. The largest absolute Gasteiger partial charge is 0.449 e. The average Bonchev–Trinajstić information content (AvgIpc) is 2.50. The zero-order valence-corrected chi connectivity index (χ0v) is 11.7. The Morgan fingerprint density at radius 3 is 2.00 bits per heavy atom. The summed E-state index contributed by atoms with van der Waals surface area (Å²) in [6.07, 6.45) is -1.05. The van der Waals surface area contributed by atoms with Crippen molar-refractivity contribution in [3.63, 3.8) is 0 Å². The van der Waals surface area contributed by atoms with Crippen molar-refractivity contribution < 1.29 is 23.1 Å². The third-order valence-electron chi connectivity index (χ3n) is 2.84. The molecule has 0 saturated heterocycles. The van der Waals surface area contributed by atoms with Crippen LogP contribution in [0.3, 0.4) is 0 Å². The van der Waals surface area contributed by atoms with Crippen molar-refractivity contribution in [1.29, 1.82) is 0 Å². The molecule has 4 nitrogen and oxygen atoms in total. The van der Waals surface area contributed by atoms with Gasteiger partial charge in [0.1, 0.15) is 11.6 Å². The molecule has 1 N–H and O–H groups in total. The van der Waals surface area contributed by atoms with E-state index in [0.717, 1.165) is 12.1 Å². The van der Waals surface area contributed by atoms with Gasteiger partial charge in [-0.3, -0.25) is 4.79 Å². The minimum Gasteiger partial charge on any atom is -0.449 e. The number of hydrogen-bond donors (Lipinski definition) is 1. The van der Waals surface area contributed by atoms with Crippen LogP contribution in [-0.4, -0.2) is 18.0 Å². The molecular formula is C16H13F2NO3. The predicted molar refractivity (Wildman–Crippen MR) is 76.3 cm³/mol. The Labute approximate surface area is 125 Å². The molecule has 6 heteroatoms. The topological polar surface area (TPSA) is 55.4 Å². The number of anilines is 1. The van der Waals surface area contributed by atoms with Gasteiger partial charge in [-0.25, -0.2) is 13.6 Å². The molecule has 1 amide bonds. The summed E-state index contributed by atoms with van der Waals surface area (Å²) in [7, 11) is 0. The van der Waals surface area contributed by atoms with Crippen LogP contribution in [0.5, 0.6) is 0 Å². The van der Waals surface area contributed by atoms with Crippen LogP contribution in [0, 0.1) is 11.6 Å². The number of nitrogens with one attached hydrogen (secondary N) is 1. The van der Waals surface area contributed by atoms with Crippen molar-refractivity contribution in [1.82, 2.24) is 0 Å². The molecule has 0 unspecified atom stereocenters. The monoisotopic (exact) mass is 305 g/mol. The maximum Gasteiger partial charge on any atom is 0.338 e. The standard InChI is InChI=1S/C16H13F2NO3/c1-10(15(20)19-14-8-6-13(18)7-9-14)22-16(21)11-2-4-12(17)5-3-11/h2-10H,1H3,(H,19,20)/t10-/m0/s1. The minimum atomic E-state index is -1.05. The van der Waals surface area contributed by atoms with Crippen LogP contribution < -0.4 is 5.32 Å². The Balaban J connectivity index is 1.94. The lowest BCUT2D eigenvalue weighted by Gasteiger charge is -2.13. The molecule has 0 spiro atoms. The zero-order chi connectivity index (χ0) is 16.1. The van der Waals surface area contributed by atoms with Gasteiger partial charge in [-0.2, -0.15) is 0 Å². The van der Waals surface area contributed by atoms with Gasteiger partial charge in [0, 0.05) is 5.69 Å². The molecule has 0 radical (unpaired) electrons. The highest BCUT2D eigenvalue weighted by atomic mass is 19.1. The second kappa shape index (κ2) is 6.80. The van der Waals surface area contributed by atoms with Gasteiger partial charge < -0.3 is 10.1 Å². The highest BCUT2D eigenvalue weighted by Gasteiger charge is 2.19. The van der Waals surface area contributed by atoms with E-state index in [1.165, 1.54) is 43.3 Å². The number of ether oxygens (including phenoxy) is 1. The number of halogens is 2. The summed E-state index contributed by atoms with van der Waals surface area (Å²) in [5.74, 6) is -2.18. The van der Waals surface area contributed by atoms with Gasteiger partial charge in [-0.15, -0.1) is 0 Å². The van der Waals surface area contributed by atoms with Crippen LogP contribution in [-0.2, 0) is 9.53 Å². The fraction of sp³-hybridized carbons (Fsp3) is 0.125. The van der Waals surface area contributed by atoms with Crippen LogP contribution in [0.1, 0.15) is 17.3 Å². The van der Waals surface area contributed by atoms with E-state index in [2.05, 4.69) is 5.32 Å². The Bertz CT molecular complexity index is 669. The van der Waals surface area contributed by atoms with Gasteiger partial charge in [0.15, 0.2) is 6.10 Å². The molecule has 0 saturated carbocycles. The average molecular weight is 305 g/mol. The molecular weight excluding hydrogens is 292 g/mol. The molecule has 1 atom stereocenters. The lowest BCUT2D eigenvalue weighted by molar-refractivity contribution is -0.123. The van der Waals surface area contributed by atoms with Crippen LogP contribution in [0.4, 0.5) is 14.5 Å². The summed E-state index contributed by atoms with van der Waals surface area (Å²) < 4.78 is 30.5. The van der Waals surface area contributed by atoms with Crippen LogP contribution >= 0.6 is 0 Å². The number of hydrogen-bond acceptors (Lipinski definition) is 3. The Morgan fingerprint density at radius 1 is 0.955 bits per heavy atom. The summed E-state index contributed by atoms with van der Waals surface area (Å²) in [5, 5.41) is 2.49. The van der Waals surface area contributed by atoms with E-state index in [1.807, 2.05) is 0 Å². The highest BCUT2D eigenvalue weighted by Crippen LogP contribution is 2.11. The van der Waals surface area contributed by atoms with Crippen LogP contribution in [0.2, 0.25) is 0 Å². The van der Waals surface area contributed by atoms with Crippen LogP contribution in [0.25, 0.3) is 0 Å². The van der Waals surface area contributed by atoms with Gasteiger partial charge >= 0.3 is 5.97 Å². The second-order valence-electron chi connectivity index (χ2n) is 4.55. The molecule has 0 aliphatic rings. The van der Waals surface area contributed by atoms with Gasteiger partial charge in [0.2, 0.25) is 0 Å². The van der Waals surface area contributed by atoms with E-state index < -0.39 is 29.6 Å². The molecule has 22 heavy (non-hydrogen) atoms. The Hall–Kier alpha value is -2.76. The maximum atomic E-state index is 12.8. The molecule has 2 rings (SSSR count). The Kier molecular flexibility index (Phi) is 4.83. The number of benzene rings is 2. The first kappa shape index (κ1) is 15.6. The quantitative estimate of drug-likeness (QED) is 0.883. The van der Waals surface area contributed by atoms with E-state index in [-0.39, 0.29) is 5.56 Å². The third-order valence-corrected chi connectivity index (χ3v) is 2.84. The minimum absolute atomic E-state index is 0.142. The zero-order valence-electron chi connectivity index (χ0n) is 11.7. The van der Waals surface area contributed by atoms with Gasteiger partial charge in [0.25, 0.3) is 5.91 Å². The third kappa shape index (κ3) is 4.12. The van der Waals surface area contributed by atoms with Crippen molar-refractivity contribution in [3.05, 3.63) is 65.7 Å². The first-order valence-corrected chi connectivity index (χ1v) is 6.48. The van der Waals surface area contributed by atoms with Gasteiger partial charge in [0.05, 0.1) is 5.56 Å². The molecule has 0 bridgehead atoms. The molecule has 114 valence electrons. The molecule has 0 aromatic heterocycles. The summed E-state index contributed by atoms with van der Waals surface area (Å²) in [5.41, 5.74) is 0.527.